The predicted octanol–water partition coefficient (Wildman–Crippen LogP) is 3.78. The molecule has 1 N–H and O–H groups in total. The van der Waals surface area contributed by atoms with Crippen molar-refractivity contribution in [3.8, 4) is 5.69 Å². The molecule has 0 aliphatic carbocycles. The van der Waals surface area contributed by atoms with E-state index < -0.39 is 5.60 Å². The van der Waals surface area contributed by atoms with E-state index in [4.69, 9.17) is 4.74 Å². The summed E-state index contributed by atoms with van der Waals surface area (Å²) in [5.74, 6) is -0.254. The summed E-state index contributed by atoms with van der Waals surface area (Å²) in [5.41, 5.74) is 0.480. The Balaban J connectivity index is 1.46. The fraction of sp³-hybridized carbons (Fsp3) is 0.500. The molecular formula is C22H29FN4O3. The topological polar surface area (TPSA) is 76.5 Å². The zero-order chi connectivity index (χ0) is 21.7. The fourth-order valence-corrected chi connectivity index (χ4v) is 3.46. The first-order valence-corrected chi connectivity index (χ1v) is 10.3. The van der Waals surface area contributed by atoms with Crippen LogP contribution in [0.5, 0.6) is 0 Å². The smallest absolute Gasteiger partial charge is 0.410 e. The molecule has 30 heavy (non-hydrogen) atoms. The molecule has 1 atom stereocenters. The third-order valence-corrected chi connectivity index (χ3v) is 4.92. The van der Waals surface area contributed by atoms with Gasteiger partial charge in [-0.3, -0.25) is 4.79 Å². The van der Waals surface area contributed by atoms with Crippen LogP contribution in [-0.2, 0) is 4.74 Å². The zero-order valence-electron chi connectivity index (χ0n) is 17.7. The third-order valence-electron chi connectivity index (χ3n) is 4.92. The first-order valence-electron chi connectivity index (χ1n) is 10.3. The molecule has 1 aliphatic rings. The van der Waals surface area contributed by atoms with Crippen molar-refractivity contribution in [3.63, 3.8) is 0 Å². The molecule has 2 amide bonds. The molecule has 1 unspecified atom stereocenters. The fourth-order valence-electron chi connectivity index (χ4n) is 3.46. The lowest BCUT2D eigenvalue weighted by Crippen LogP contribution is -2.43. The molecular weight excluding hydrogens is 387 g/mol. The number of nitrogens with one attached hydrogen (secondary N) is 1. The normalized spacial score (nSPS) is 16.9. The summed E-state index contributed by atoms with van der Waals surface area (Å²) < 4.78 is 20.0. The van der Waals surface area contributed by atoms with Gasteiger partial charge in [-0.15, -0.1) is 0 Å². The van der Waals surface area contributed by atoms with Crippen LogP contribution in [0.15, 0.2) is 36.5 Å². The van der Waals surface area contributed by atoms with E-state index in [1.165, 1.54) is 16.8 Å². The van der Waals surface area contributed by atoms with Crippen LogP contribution in [0.4, 0.5) is 9.18 Å². The maximum atomic E-state index is 13.0. The Kier molecular flexibility index (Phi) is 6.74. The minimum absolute atomic E-state index is 0.254. The van der Waals surface area contributed by atoms with Crippen LogP contribution in [-0.4, -0.2) is 51.9 Å². The zero-order valence-corrected chi connectivity index (χ0v) is 17.7. The van der Waals surface area contributed by atoms with Crippen LogP contribution < -0.4 is 5.32 Å². The van der Waals surface area contributed by atoms with Crippen LogP contribution >= 0.6 is 0 Å². The number of likely N-dealkylation sites (tertiary alicyclic amines) is 1. The highest BCUT2D eigenvalue weighted by Gasteiger charge is 2.27. The molecule has 0 saturated carbocycles. The SMILES string of the molecule is CC(C)(C)OC(=O)N1CCCC(CCNC(=O)c2ccn(-c3ccc(F)cc3)n2)C1. The molecule has 2 heterocycles. The van der Waals surface area contributed by atoms with E-state index in [1.807, 2.05) is 20.8 Å². The van der Waals surface area contributed by atoms with Crippen molar-refractivity contribution in [2.24, 2.45) is 5.92 Å². The molecule has 0 bridgehead atoms. The third kappa shape index (κ3) is 6.05. The summed E-state index contributed by atoms with van der Waals surface area (Å²) in [7, 11) is 0. The Bertz CT molecular complexity index is 873. The lowest BCUT2D eigenvalue weighted by molar-refractivity contribution is 0.0161. The van der Waals surface area contributed by atoms with Gasteiger partial charge in [-0.05, 0) is 76.3 Å². The first kappa shape index (κ1) is 21.8. The Morgan fingerprint density at radius 3 is 2.67 bits per heavy atom. The van der Waals surface area contributed by atoms with Crippen LogP contribution in [0.1, 0.15) is 50.5 Å². The second kappa shape index (κ2) is 9.28. The number of piperidine rings is 1. The molecule has 2 aromatic rings. The molecule has 1 fully saturated rings. The molecule has 1 aromatic carbocycles. The molecule has 162 valence electrons. The summed E-state index contributed by atoms with van der Waals surface area (Å²) >= 11 is 0. The minimum atomic E-state index is -0.505. The molecule has 8 heteroatoms. The average molecular weight is 416 g/mol. The number of hydrogen-bond acceptors (Lipinski definition) is 4. The summed E-state index contributed by atoms with van der Waals surface area (Å²) in [6.07, 6.45) is 4.13. The molecule has 1 aromatic heterocycles. The number of ether oxygens (including phenoxy) is 1. The first-order chi connectivity index (χ1) is 14.2. The lowest BCUT2D eigenvalue weighted by atomic mass is 9.95. The number of aromatic nitrogens is 2. The monoisotopic (exact) mass is 416 g/mol. The number of halogens is 1. The Labute approximate surface area is 176 Å². The maximum Gasteiger partial charge on any atom is 0.410 e. The summed E-state index contributed by atoms with van der Waals surface area (Å²) in [4.78, 5) is 26.4. The van der Waals surface area contributed by atoms with Crippen molar-refractivity contribution < 1.29 is 18.7 Å². The number of benzene rings is 1. The Hall–Kier alpha value is -2.90. The number of carbonyl (C=O) groups is 2. The van der Waals surface area contributed by atoms with Crippen molar-refractivity contribution in [3.05, 3.63) is 48.0 Å². The predicted molar refractivity (Wildman–Crippen MR) is 111 cm³/mol. The van der Waals surface area contributed by atoms with Gasteiger partial charge in [0.2, 0.25) is 0 Å². The Morgan fingerprint density at radius 2 is 1.97 bits per heavy atom. The number of hydrogen-bond donors (Lipinski definition) is 1. The quantitative estimate of drug-likeness (QED) is 0.805. The van der Waals surface area contributed by atoms with Gasteiger partial charge in [0.25, 0.3) is 5.91 Å². The van der Waals surface area contributed by atoms with Gasteiger partial charge in [0.15, 0.2) is 5.69 Å². The highest BCUT2D eigenvalue weighted by Crippen LogP contribution is 2.21. The van der Waals surface area contributed by atoms with Crippen LogP contribution in [0, 0.1) is 11.7 Å². The average Bonchev–Trinajstić information content (AvgIpc) is 3.18. The van der Waals surface area contributed by atoms with E-state index in [0.717, 1.165) is 19.3 Å². The van der Waals surface area contributed by atoms with E-state index in [2.05, 4.69) is 10.4 Å². The molecule has 0 radical (unpaired) electrons. The highest BCUT2D eigenvalue weighted by atomic mass is 19.1. The van der Waals surface area contributed by atoms with Crippen molar-refractivity contribution in [2.75, 3.05) is 19.6 Å². The standard InChI is InChI=1S/C22H29FN4O3/c1-22(2,3)30-21(29)26-13-4-5-16(15-26)10-12-24-20(28)19-11-14-27(25-19)18-8-6-17(23)7-9-18/h6-9,11,14,16H,4-5,10,12-13,15H2,1-3H3,(H,24,28). The van der Waals surface area contributed by atoms with Gasteiger partial charge in [0, 0.05) is 25.8 Å². The van der Waals surface area contributed by atoms with Gasteiger partial charge >= 0.3 is 6.09 Å². The van der Waals surface area contributed by atoms with Crippen molar-refractivity contribution in [1.82, 2.24) is 20.0 Å². The second-order valence-corrected chi connectivity index (χ2v) is 8.60. The highest BCUT2D eigenvalue weighted by molar-refractivity contribution is 5.92. The summed E-state index contributed by atoms with van der Waals surface area (Å²) in [6.45, 7) is 7.44. The van der Waals surface area contributed by atoms with Crippen LogP contribution in [0.25, 0.3) is 5.69 Å². The number of rotatable bonds is 5. The van der Waals surface area contributed by atoms with E-state index >= 15 is 0 Å². The molecule has 1 aliphatic heterocycles. The van der Waals surface area contributed by atoms with Gasteiger partial charge < -0.3 is 15.0 Å². The van der Waals surface area contributed by atoms with Crippen molar-refractivity contribution >= 4 is 12.0 Å². The molecule has 7 nitrogen and oxygen atoms in total. The van der Waals surface area contributed by atoms with E-state index in [0.29, 0.717) is 36.9 Å². The lowest BCUT2D eigenvalue weighted by Gasteiger charge is -2.34. The van der Waals surface area contributed by atoms with E-state index in [1.54, 1.807) is 29.3 Å². The van der Waals surface area contributed by atoms with Crippen LogP contribution in [0.2, 0.25) is 0 Å². The summed E-state index contributed by atoms with van der Waals surface area (Å²) in [6, 6.07) is 7.53. The second-order valence-electron chi connectivity index (χ2n) is 8.60. The maximum absolute atomic E-state index is 13.0. The van der Waals surface area contributed by atoms with Crippen molar-refractivity contribution in [1.29, 1.82) is 0 Å². The molecule has 1 saturated heterocycles. The minimum Gasteiger partial charge on any atom is -0.444 e. The van der Waals surface area contributed by atoms with Crippen molar-refractivity contribution in [2.45, 2.75) is 45.6 Å². The van der Waals surface area contributed by atoms with Crippen LogP contribution in [0.3, 0.4) is 0 Å². The van der Waals surface area contributed by atoms with Gasteiger partial charge in [0.1, 0.15) is 11.4 Å². The Morgan fingerprint density at radius 1 is 1.23 bits per heavy atom. The van der Waals surface area contributed by atoms with Gasteiger partial charge in [-0.25, -0.2) is 13.9 Å². The summed E-state index contributed by atoms with van der Waals surface area (Å²) in [5, 5.41) is 7.15. The van der Waals surface area contributed by atoms with Gasteiger partial charge in [0.05, 0.1) is 5.69 Å². The largest absolute Gasteiger partial charge is 0.444 e. The number of carbonyl (C=O) groups excluding carboxylic acids is 2. The van der Waals surface area contributed by atoms with Gasteiger partial charge in [-0.1, -0.05) is 0 Å². The van der Waals surface area contributed by atoms with E-state index in [-0.39, 0.29) is 17.8 Å². The molecule has 3 rings (SSSR count). The number of amides is 2. The molecule has 0 spiro atoms. The van der Waals surface area contributed by atoms with Gasteiger partial charge in [-0.2, -0.15) is 5.10 Å². The van der Waals surface area contributed by atoms with E-state index in [9.17, 15) is 14.0 Å². The number of nitrogens with zero attached hydrogens (tertiary/aromatic N) is 3.